The van der Waals surface area contributed by atoms with Crippen molar-refractivity contribution in [1.82, 2.24) is 10.3 Å². The van der Waals surface area contributed by atoms with E-state index in [-0.39, 0.29) is 18.4 Å². The molecule has 0 saturated heterocycles. The molecule has 0 fully saturated rings. The summed E-state index contributed by atoms with van der Waals surface area (Å²) in [6, 6.07) is 0.0563. The zero-order valence-corrected chi connectivity index (χ0v) is 4.81. The molecule has 2 nitrogen and oxygen atoms in total. The normalized spacial score (nSPS) is 24.0. The van der Waals surface area contributed by atoms with Gasteiger partial charge in [0.2, 0.25) is 0 Å². The summed E-state index contributed by atoms with van der Waals surface area (Å²) in [6.45, 7) is 0.668. The number of aromatic nitrogens is 1. The molecular weight excluding hydrogens is 112 g/mol. The molecule has 1 N–H and O–H groups in total. The molecule has 46 valence electrons. The minimum absolute atomic E-state index is 0.0331. The molecule has 1 aliphatic heterocycles. The molecule has 0 unspecified atom stereocenters. The lowest BCUT2D eigenvalue weighted by Gasteiger charge is -1.90. The first-order valence-electron chi connectivity index (χ1n) is 4.73. The predicted octanol–water partition coefficient (Wildman–Crippen LogP) is 0.685. The van der Waals surface area contributed by atoms with Crippen LogP contribution in [0.5, 0.6) is 0 Å². The Bertz CT molecular complexity index is 366. The highest BCUT2D eigenvalue weighted by Crippen LogP contribution is 2.11. The number of nitrogens with zero attached hydrogens (tertiary/aromatic N) is 1. The molecule has 0 aliphatic carbocycles. The third kappa shape index (κ3) is 0.715. The second-order valence-corrected chi connectivity index (χ2v) is 1.96. The summed E-state index contributed by atoms with van der Waals surface area (Å²) in [5.41, 5.74) is 1.23. The van der Waals surface area contributed by atoms with E-state index in [0.29, 0.717) is 24.2 Å². The highest BCUT2D eigenvalue weighted by atomic mass is 14.9. The molecular formula is C7H8N2. The van der Waals surface area contributed by atoms with Gasteiger partial charge in [-0.3, -0.25) is 4.98 Å². The number of pyridine rings is 1. The van der Waals surface area contributed by atoms with Crippen LogP contribution >= 0.6 is 0 Å². The average molecular weight is 124 g/mol. The molecule has 0 saturated carbocycles. The van der Waals surface area contributed by atoms with Gasteiger partial charge in [0.1, 0.15) is 1.41 Å². The van der Waals surface area contributed by atoms with E-state index in [9.17, 15) is 0 Å². The van der Waals surface area contributed by atoms with Crippen molar-refractivity contribution in [2.45, 2.75) is 13.1 Å². The third-order valence-corrected chi connectivity index (χ3v) is 1.36. The Morgan fingerprint density at radius 1 is 1.67 bits per heavy atom. The van der Waals surface area contributed by atoms with Gasteiger partial charge < -0.3 is 5.31 Å². The first-order valence-corrected chi connectivity index (χ1v) is 2.79. The fraction of sp³-hybridized carbons (Fsp3) is 0.286. The zero-order chi connectivity index (χ0) is 9.59. The van der Waals surface area contributed by atoms with E-state index in [4.69, 9.17) is 5.52 Å². The Labute approximate surface area is 59.6 Å². The fourth-order valence-electron chi connectivity index (χ4n) is 0.879. The van der Waals surface area contributed by atoms with E-state index < -0.39 is 0 Å². The number of rotatable bonds is 0. The number of nitrogens with one attached hydrogen (secondary N) is 1. The van der Waals surface area contributed by atoms with Gasteiger partial charge in [-0.25, -0.2) is 0 Å². The quantitative estimate of drug-likeness (QED) is 0.550. The van der Waals surface area contributed by atoms with Gasteiger partial charge in [0.05, 0.1) is 4.11 Å². The van der Waals surface area contributed by atoms with Gasteiger partial charge in [0.15, 0.2) is 0 Å². The van der Waals surface area contributed by atoms with Gasteiger partial charge in [0, 0.05) is 25.4 Å². The van der Waals surface area contributed by atoms with Crippen LogP contribution in [0, 0.1) is 0 Å². The van der Waals surface area contributed by atoms with Crippen LogP contribution in [-0.4, -0.2) is 4.98 Å². The number of fused-ring (bicyclic) bond motifs is 1. The van der Waals surface area contributed by atoms with E-state index in [1.165, 1.54) is 5.31 Å². The van der Waals surface area contributed by atoms with Crippen molar-refractivity contribution in [1.29, 1.82) is 0 Å². The Hall–Kier alpha value is -0.890. The topological polar surface area (TPSA) is 24.9 Å². The van der Waals surface area contributed by atoms with E-state index in [1.807, 2.05) is 0 Å². The molecule has 0 bridgehead atoms. The van der Waals surface area contributed by atoms with Crippen molar-refractivity contribution in [2.24, 2.45) is 0 Å². The molecule has 0 atom stereocenters. The smallest absolute Gasteiger partial charge is 0.123 e. The fourth-order valence-corrected chi connectivity index (χ4v) is 0.879. The summed E-state index contributed by atoms with van der Waals surface area (Å²) in [6.07, 6.45) is -0.134. The molecule has 0 amide bonds. The number of hydrogen-bond acceptors (Lipinski definition) is 2. The van der Waals surface area contributed by atoms with E-state index in [0.717, 1.165) is 0 Å². The maximum absolute atomic E-state index is 7.52. The van der Waals surface area contributed by atoms with Crippen molar-refractivity contribution < 1.29 is 5.52 Å². The first kappa shape index (κ1) is 2.39. The second-order valence-electron chi connectivity index (χ2n) is 1.96. The van der Waals surface area contributed by atoms with Crippen molar-refractivity contribution in [3.8, 4) is 0 Å². The van der Waals surface area contributed by atoms with Crippen LogP contribution in [0.4, 0.5) is 0 Å². The average Bonchev–Trinajstić information content (AvgIpc) is 2.44. The summed E-state index contributed by atoms with van der Waals surface area (Å²) >= 11 is 0. The van der Waals surface area contributed by atoms with Crippen LogP contribution < -0.4 is 5.31 Å². The second kappa shape index (κ2) is 1.81. The summed E-state index contributed by atoms with van der Waals surface area (Å²) < 4.78 is 29.6. The van der Waals surface area contributed by atoms with Gasteiger partial charge >= 0.3 is 0 Å². The minimum atomic E-state index is -0.168. The summed E-state index contributed by atoms with van der Waals surface area (Å²) in [5, 5.41) is 1.27. The maximum Gasteiger partial charge on any atom is 0.123 e. The first-order chi connectivity index (χ1) is 6.09. The summed E-state index contributed by atoms with van der Waals surface area (Å²) in [4.78, 5) is 3.62. The highest BCUT2D eigenvalue weighted by molar-refractivity contribution is 5.26. The Morgan fingerprint density at radius 2 is 2.56 bits per heavy atom. The van der Waals surface area contributed by atoms with Crippen molar-refractivity contribution in [3.05, 3.63) is 29.5 Å². The van der Waals surface area contributed by atoms with Gasteiger partial charge in [-0.2, -0.15) is 0 Å². The SMILES string of the molecule is [2H]c1nc([2H])c2c(c1[2H])CN([2H])C2. The molecule has 9 heavy (non-hydrogen) atoms. The van der Waals surface area contributed by atoms with Crippen LogP contribution in [0.3, 0.4) is 0 Å². The van der Waals surface area contributed by atoms with Crippen molar-refractivity contribution >= 4 is 0 Å². The summed E-state index contributed by atoms with van der Waals surface area (Å²) in [7, 11) is 0. The highest BCUT2D eigenvalue weighted by Gasteiger charge is 2.06. The van der Waals surface area contributed by atoms with Gasteiger partial charge in [-0.05, 0) is 17.2 Å². The molecule has 1 aromatic rings. The molecule has 1 aromatic heterocycles. The minimum Gasteiger partial charge on any atom is -0.309 e. The lowest BCUT2D eigenvalue weighted by atomic mass is 10.2. The standard InChI is InChI=1S/C7H8N2/c1-2-8-4-7-5-9-3-6(1)7/h1-2,4,9H,3,5H2/i1D,2D,4D/hD. The molecule has 1 aliphatic rings. The van der Waals surface area contributed by atoms with Gasteiger partial charge in [-0.1, -0.05) is 0 Å². The molecule has 0 spiro atoms. The van der Waals surface area contributed by atoms with Gasteiger partial charge in [0.25, 0.3) is 0 Å². The van der Waals surface area contributed by atoms with Crippen LogP contribution in [-0.2, 0) is 13.1 Å². The van der Waals surface area contributed by atoms with Crippen molar-refractivity contribution in [3.63, 3.8) is 0 Å². The van der Waals surface area contributed by atoms with E-state index in [1.54, 1.807) is 0 Å². The Balaban J connectivity index is 2.62. The zero-order valence-electron chi connectivity index (χ0n) is 8.81. The summed E-state index contributed by atoms with van der Waals surface area (Å²) in [5.74, 6) is 0. The molecule has 0 radical (unpaired) electrons. The lowest BCUT2D eigenvalue weighted by molar-refractivity contribution is 0.764. The number of hydrogen-bond donors (Lipinski definition) is 1. The van der Waals surface area contributed by atoms with Crippen molar-refractivity contribution in [2.75, 3.05) is 0 Å². The van der Waals surface area contributed by atoms with Crippen LogP contribution in [0.1, 0.15) is 15.2 Å². The molecule has 2 heteroatoms. The van der Waals surface area contributed by atoms with E-state index >= 15 is 0 Å². The lowest BCUT2D eigenvalue weighted by Crippen LogP contribution is -1.99. The molecule has 0 aromatic carbocycles. The van der Waals surface area contributed by atoms with Gasteiger partial charge in [-0.15, -0.1) is 0 Å². The van der Waals surface area contributed by atoms with Crippen LogP contribution in [0.2, 0.25) is 1.41 Å². The van der Waals surface area contributed by atoms with E-state index in [2.05, 4.69) is 4.98 Å². The monoisotopic (exact) mass is 124 g/mol. The largest absolute Gasteiger partial charge is 0.309 e. The molecule has 2 rings (SSSR count). The molecule has 2 heterocycles. The Kier molecular flexibility index (Phi) is 0.480. The third-order valence-electron chi connectivity index (χ3n) is 1.36. The van der Waals surface area contributed by atoms with Crippen LogP contribution in [0.15, 0.2) is 18.4 Å². The van der Waals surface area contributed by atoms with Crippen LogP contribution in [0.25, 0.3) is 0 Å². The predicted molar refractivity (Wildman–Crippen MR) is 34.8 cm³/mol. The Morgan fingerprint density at radius 3 is 3.56 bits per heavy atom. The maximum atomic E-state index is 7.52.